The van der Waals surface area contributed by atoms with Crippen molar-refractivity contribution in [3.63, 3.8) is 0 Å². The maximum atomic E-state index is 14.7. The number of hydrazine groups is 1. The van der Waals surface area contributed by atoms with Gasteiger partial charge in [0.15, 0.2) is 0 Å². The normalized spacial score (nSPS) is 13.0. The summed E-state index contributed by atoms with van der Waals surface area (Å²) in [6, 6.07) is 41.6. The Labute approximate surface area is 446 Å². The lowest BCUT2D eigenvalue weighted by atomic mass is 9.77. The number of hydrogen-bond donors (Lipinski definition) is 7. The van der Waals surface area contributed by atoms with Crippen molar-refractivity contribution in [3.05, 3.63) is 179 Å². The SMILES string of the molecule is COC(=O)C(CCCCNC(=O)OC(C)(C)C)NC(=O)C(CCC(=O)NC(c1ccccc1)(c1ccccc1)c1ccccc1)NC(=O)C(Cc1ccccc1)NNC(=O)C(Cc1ccccc1)NC(=O)OC(C)(C)C. The Morgan fingerprint density at radius 3 is 1.38 bits per heavy atom. The van der Waals surface area contributed by atoms with E-state index in [9.17, 15) is 33.6 Å². The molecule has 0 aliphatic heterocycles. The minimum Gasteiger partial charge on any atom is -0.467 e. The predicted octanol–water partition coefficient (Wildman–Crippen LogP) is 7.08. The van der Waals surface area contributed by atoms with Crippen LogP contribution in [0.25, 0.3) is 0 Å². The van der Waals surface area contributed by atoms with Gasteiger partial charge in [-0.05, 0) is 101 Å². The molecule has 0 radical (unpaired) electrons. The summed E-state index contributed by atoms with van der Waals surface area (Å²) in [7, 11) is 1.19. The summed E-state index contributed by atoms with van der Waals surface area (Å²) in [5, 5.41) is 14.2. The fraction of sp³-hybridized carbons (Fsp3) is 0.373. The highest BCUT2D eigenvalue weighted by molar-refractivity contribution is 5.93. The highest BCUT2D eigenvalue weighted by Gasteiger charge is 2.39. The molecule has 404 valence electrons. The molecule has 0 fully saturated rings. The number of amides is 6. The molecule has 5 rings (SSSR count). The van der Waals surface area contributed by atoms with Gasteiger partial charge >= 0.3 is 18.2 Å². The van der Waals surface area contributed by atoms with Crippen molar-refractivity contribution in [3.8, 4) is 0 Å². The zero-order valence-corrected chi connectivity index (χ0v) is 44.5. The van der Waals surface area contributed by atoms with Crippen LogP contribution in [-0.2, 0) is 56.6 Å². The number of ether oxygens (including phenoxy) is 3. The largest absolute Gasteiger partial charge is 0.467 e. The van der Waals surface area contributed by atoms with E-state index in [2.05, 4.69) is 37.4 Å². The summed E-state index contributed by atoms with van der Waals surface area (Å²) in [4.78, 5) is 96.5. The van der Waals surface area contributed by atoms with Crippen LogP contribution in [0.4, 0.5) is 9.59 Å². The number of rotatable bonds is 25. The van der Waals surface area contributed by atoms with Gasteiger partial charge in [0.2, 0.25) is 17.7 Å². The average Bonchev–Trinajstić information content (AvgIpc) is 3.40. The molecule has 5 aromatic carbocycles. The number of esters is 1. The van der Waals surface area contributed by atoms with Gasteiger partial charge < -0.3 is 40.8 Å². The van der Waals surface area contributed by atoms with Gasteiger partial charge in [-0.3, -0.25) is 24.6 Å². The number of carbonyl (C=O) groups excluding carboxylic acids is 7. The van der Waals surface area contributed by atoms with Crippen molar-refractivity contribution in [2.45, 2.75) is 127 Å². The molecular formula is C59H73N7O10. The summed E-state index contributed by atoms with van der Waals surface area (Å²) in [5.74, 6) is -3.41. The third-order valence-corrected chi connectivity index (χ3v) is 11.9. The fourth-order valence-electron chi connectivity index (χ4n) is 8.32. The molecular weight excluding hydrogens is 967 g/mol. The van der Waals surface area contributed by atoms with E-state index in [1.165, 1.54) is 7.11 Å². The van der Waals surface area contributed by atoms with Crippen molar-refractivity contribution in [2.75, 3.05) is 13.7 Å². The van der Waals surface area contributed by atoms with Crippen molar-refractivity contribution >= 4 is 41.8 Å². The van der Waals surface area contributed by atoms with E-state index in [0.717, 1.165) is 22.3 Å². The van der Waals surface area contributed by atoms with Crippen molar-refractivity contribution in [1.82, 2.24) is 37.4 Å². The van der Waals surface area contributed by atoms with Crippen LogP contribution in [0.5, 0.6) is 0 Å². The maximum Gasteiger partial charge on any atom is 0.408 e. The molecule has 17 heteroatoms. The Balaban J connectivity index is 1.44. The zero-order chi connectivity index (χ0) is 55.1. The van der Waals surface area contributed by atoms with Gasteiger partial charge in [-0.15, -0.1) is 0 Å². The first-order chi connectivity index (χ1) is 36.3. The van der Waals surface area contributed by atoms with Crippen LogP contribution >= 0.6 is 0 Å². The van der Waals surface area contributed by atoms with E-state index >= 15 is 0 Å². The highest BCUT2D eigenvalue weighted by Crippen LogP contribution is 2.37. The second-order valence-corrected chi connectivity index (χ2v) is 20.3. The van der Waals surface area contributed by atoms with E-state index in [-0.39, 0.29) is 38.6 Å². The lowest BCUT2D eigenvalue weighted by molar-refractivity contribution is -0.145. The molecule has 7 N–H and O–H groups in total. The minimum atomic E-state index is -1.42. The quantitative estimate of drug-likeness (QED) is 0.0103. The molecule has 76 heavy (non-hydrogen) atoms. The van der Waals surface area contributed by atoms with Crippen molar-refractivity contribution < 1.29 is 47.8 Å². The molecule has 0 saturated heterocycles. The van der Waals surface area contributed by atoms with Crippen LogP contribution in [0.3, 0.4) is 0 Å². The Bertz CT molecular complexity index is 2550. The molecule has 17 nitrogen and oxygen atoms in total. The second kappa shape index (κ2) is 28.6. The maximum absolute atomic E-state index is 14.7. The molecule has 5 aromatic rings. The summed E-state index contributed by atoms with van der Waals surface area (Å²) in [5.41, 5.74) is 6.50. The highest BCUT2D eigenvalue weighted by atomic mass is 16.6. The third kappa shape index (κ3) is 19.0. The first-order valence-corrected chi connectivity index (χ1v) is 25.5. The van der Waals surface area contributed by atoms with Crippen molar-refractivity contribution in [2.24, 2.45) is 0 Å². The first kappa shape index (κ1) is 58.8. The lowest BCUT2D eigenvalue weighted by Crippen LogP contribution is -2.60. The third-order valence-electron chi connectivity index (χ3n) is 11.9. The molecule has 4 unspecified atom stereocenters. The van der Waals surface area contributed by atoms with Crippen LogP contribution in [-0.4, -0.2) is 90.8 Å². The Kier molecular flexibility index (Phi) is 22.1. The molecule has 4 atom stereocenters. The summed E-state index contributed by atoms with van der Waals surface area (Å²) >= 11 is 0. The molecule has 0 aliphatic carbocycles. The molecule has 0 aliphatic rings. The number of hydrogen-bond acceptors (Lipinski definition) is 11. The summed E-state index contributed by atoms with van der Waals surface area (Å²) in [6.45, 7) is 10.6. The van der Waals surface area contributed by atoms with Gasteiger partial charge in [-0.2, -0.15) is 0 Å². The van der Waals surface area contributed by atoms with E-state index < -0.39 is 82.7 Å². The molecule has 0 aromatic heterocycles. The first-order valence-electron chi connectivity index (χ1n) is 25.5. The smallest absolute Gasteiger partial charge is 0.408 e. The number of methoxy groups -OCH3 is 1. The van der Waals surface area contributed by atoms with E-state index in [0.29, 0.717) is 18.4 Å². The number of nitrogens with one attached hydrogen (secondary N) is 7. The van der Waals surface area contributed by atoms with Crippen molar-refractivity contribution in [1.29, 1.82) is 0 Å². The van der Waals surface area contributed by atoms with Gasteiger partial charge in [0, 0.05) is 19.4 Å². The van der Waals surface area contributed by atoms with Crippen LogP contribution in [0.2, 0.25) is 0 Å². The standard InChI is InChI=1S/C59H73N7O10/c1-57(2,3)75-55(72)60-38-24-23-35-47(54(71)74-7)62-51(68)46(36-37-50(67)64-59(43-29-17-10-18-30-43,44-31-19-11-20-32-44)45-33-21-12-22-34-45)61-52(69)49(40-42-27-15-9-16-28-42)65-66-53(70)48(39-41-25-13-8-14-26-41)63-56(73)76-58(4,5)6/h8-22,25-34,46-49,65H,23-24,35-40H2,1-7H3,(H,60,72)(H,61,69)(H,62,68)(H,63,73)(H,64,67)(H,66,70). The molecule has 0 bridgehead atoms. The van der Waals surface area contributed by atoms with E-state index in [4.69, 9.17) is 14.2 Å². The molecule has 0 heterocycles. The topological polar surface area (TPSA) is 231 Å². The molecule has 0 saturated carbocycles. The van der Waals surface area contributed by atoms with Crippen LogP contribution < -0.4 is 37.4 Å². The zero-order valence-electron chi connectivity index (χ0n) is 44.5. The molecule has 0 spiro atoms. The number of alkyl carbamates (subject to hydrolysis) is 2. The van der Waals surface area contributed by atoms with Crippen LogP contribution in [0.1, 0.15) is 101 Å². The van der Waals surface area contributed by atoms with Gasteiger partial charge in [0.25, 0.3) is 5.91 Å². The number of carbonyl (C=O) groups is 7. The van der Waals surface area contributed by atoms with E-state index in [1.54, 1.807) is 90.1 Å². The number of benzene rings is 5. The minimum absolute atomic E-state index is 0.0144. The van der Waals surface area contributed by atoms with Crippen LogP contribution in [0, 0.1) is 0 Å². The Morgan fingerprint density at radius 2 is 0.908 bits per heavy atom. The van der Waals surface area contributed by atoms with Crippen LogP contribution in [0.15, 0.2) is 152 Å². The average molecular weight is 1040 g/mol. The Morgan fingerprint density at radius 1 is 0.474 bits per heavy atom. The monoisotopic (exact) mass is 1040 g/mol. The lowest BCUT2D eigenvalue weighted by Gasteiger charge is -2.37. The van der Waals surface area contributed by atoms with Gasteiger partial charge in [0.05, 0.1) is 7.11 Å². The van der Waals surface area contributed by atoms with Gasteiger partial charge in [-0.25, -0.2) is 19.8 Å². The van der Waals surface area contributed by atoms with Gasteiger partial charge in [0.1, 0.15) is 40.9 Å². The van der Waals surface area contributed by atoms with Gasteiger partial charge in [-0.1, -0.05) is 152 Å². The summed E-state index contributed by atoms with van der Waals surface area (Å²) in [6.07, 6.45) is -0.947. The number of unbranched alkanes of at least 4 members (excludes halogenated alkanes) is 1. The fourth-order valence-corrected chi connectivity index (χ4v) is 8.32. The second-order valence-electron chi connectivity index (χ2n) is 20.3. The molecule has 6 amide bonds. The Hall–Kier alpha value is -8.05. The van der Waals surface area contributed by atoms with E-state index in [1.807, 2.05) is 103 Å². The predicted molar refractivity (Wildman–Crippen MR) is 289 cm³/mol. The summed E-state index contributed by atoms with van der Waals surface area (Å²) < 4.78 is 15.9.